The molecule has 4 N–H and O–H groups in total. The van der Waals surface area contributed by atoms with Crippen LogP contribution in [0.4, 0.5) is 0 Å². The Morgan fingerprint density at radius 2 is 2.00 bits per heavy atom. The number of benzene rings is 1. The molecule has 1 atom stereocenters. The van der Waals surface area contributed by atoms with Gasteiger partial charge in [-0.05, 0) is 17.7 Å². The summed E-state index contributed by atoms with van der Waals surface area (Å²) in [5.74, 6) is 0.0512. The summed E-state index contributed by atoms with van der Waals surface area (Å²) in [4.78, 5) is 0. The second-order valence-electron chi connectivity index (χ2n) is 4.13. The quantitative estimate of drug-likeness (QED) is 0.601. The highest BCUT2D eigenvalue weighted by atomic mass is 16.3. The molecule has 1 rings (SSSR count). The van der Waals surface area contributed by atoms with E-state index in [9.17, 15) is 10.2 Å². The van der Waals surface area contributed by atoms with Crippen LogP contribution < -0.4 is 5.32 Å². The van der Waals surface area contributed by atoms with Gasteiger partial charge < -0.3 is 20.6 Å². The van der Waals surface area contributed by atoms with Crippen molar-refractivity contribution in [2.45, 2.75) is 32.6 Å². The van der Waals surface area contributed by atoms with E-state index in [0.29, 0.717) is 23.7 Å². The smallest absolute Gasteiger partial charge is 0.121 e. The second-order valence-corrected chi connectivity index (χ2v) is 4.13. The summed E-state index contributed by atoms with van der Waals surface area (Å²) in [6.07, 6.45) is -0.631. The number of phenols is 1. The van der Waals surface area contributed by atoms with Gasteiger partial charge in [-0.3, -0.25) is 0 Å². The predicted octanol–water partition coefficient (Wildman–Crippen LogP) is 0.916. The Bertz CT molecular complexity index is 339. The van der Waals surface area contributed by atoms with Crippen molar-refractivity contribution in [3.63, 3.8) is 0 Å². The third kappa shape index (κ3) is 3.48. The molecule has 0 aliphatic heterocycles. The molecule has 0 fully saturated rings. The molecule has 0 heterocycles. The maximum Gasteiger partial charge on any atom is 0.121 e. The van der Waals surface area contributed by atoms with E-state index in [4.69, 9.17) is 5.11 Å². The van der Waals surface area contributed by atoms with Crippen LogP contribution in [0.1, 0.15) is 31.1 Å². The first-order valence-electron chi connectivity index (χ1n) is 5.38. The lowest BCUT2D eigenvalue weighted by Crippen LogP contribution is -2.27. The van der Waals surface area contributed by atoms with Crippen LogP contribution in [0, 0.1) is 0 Å². The molecule has 0 aromatic heterocycles. The Labute approximate surface area is 95.6 Å². The number of hydrogen-bond acceptors (Lipinski definition) is 4. The van der Waals surface area contributed by atoms with Crippen molar-refractivity contribution in [2.24, 2.45) is 0 Å². The van der Waals surface area contributed by atoms with Crippen molar-refractivity contribution in [3.8, 4) is 5.75 Å². The fourth-order valence-electron chi connectivity index (χ4n) is 1.40. The first kappa shape index (κ1) is 13.0. The molecule has 1 aromatic rings. The third-order valence-electron chi connectivity index (χ3n) is 2.38. The van der Waals surface area contributed by atoms with Gasteiger partial charge in [0, 0.05) is 18.2 Å². The van der Waals surface area contributed by atoms with Crippen LogP contribution in [0.15, 0.2) is 18.2 Å². The lowest BCUT2D eigenvalue weighted by molar-refractivity contribution is 0.171. The molecule has 4 heteroatoms. The van der Waals surface area contributed by atoms with Crippen LogP contribution in [0.2, 0.25) is 0 Å². The molecular formula is C12H19NO3. The van der Waals surface area contributed by atoms with Gasteiger partial charge in [-0.15, -0.1) is 0 Å². The fraction of sp³-hybridized carbons (Fsp3) is 0.500. The monoisotopic (exact) mass is 225 g/mol. The van der Waals surface area contributed by atoms with Crippen LogP contribution in [-0.4, -0.2) is 27.9 Å². The molecule has 0 unspecified atom stereocenters. The summed E-state index contributed by atoms with van der Waals surface area (Å²) in [5.41, 5.74) is 1.12. The molecule has 0 spiro atoms. The Kier molecular flexibility index (Phi) is 4.73. The zero-order chi connectivity index (χ0) is 12.1. The van der Waals surface area contributed by atoms with Crippen LogP contribution >= 0.6 is 0 Å². The van der Waals surface area contributed by atoms with Crippen molar-refractivity contribution in [1.29, 1.82) is 0 Å². The van der Waals surface area contributed by atoms with Gasteiger partial charge in [0.1, 0.15) is 5.75 Å². The largest absolute Gasteiger partial charge is 0.508 e. The van der Waals surface area contributed by atoms with E-state index in [1.165, 1.54) is 6.07 Å². The van der Waals surface area contributed by atoms with E-state index in [1.54, 1.807) is 12.1 Å². The molecule has 1 aromatic carbocycles. The van der Waals surface area contributed by atoms with Crippen molar-refractivity contribution in [3.05, 3.63) is 29.3 Å². The minimum absolute atomic E-state index is 0.0512. The van der Waals surface area contributed by atoms with Gasteiger partial charge in [0.2, 0.25) is 0 Å². The lowest BCUT2D eigenvalue weighted by Gasteiger charge is -2.15. The van der Waals surface area contributed by atoms with Crippen LogP contribution in [0.3, 0.4) is 0 Å². The van der Waals surface area contributed by atoms with Gasteiger partial charge in [-0.1, -0.05) is 19.9 Å². The average Bonchev–Trinajstić information content (AvgIpc) is 2.26. The van der Waals surface area contributed by atoms with Gasteiger partial charge >= 0.3 is 0 Å². The molecule has 4 nitrogen and oxygen atoms in total. The van der Waals surface area contributed by atoms with Crippen molar-refractivity contribution in [2.75, 3.05) is 6.54 Å². The van der Waals surface area contributed by atoms with Gasteiger partial charge in [0.05, 0.1) is 12.7 Å². The van der Waals surface area contributed by atoms with E-state index in [-0.39, 0.29) is 12.4 Å². The van der Waals surface area contributed by atoms with Crippen molar-refractivity contribution < 1.29 is 15.3 Å². The number of hydrogen-bond donors (Lipinski definition) is 4. The Balaban J connectivity index is 2.72. The highest BCUT2D eigenvalue weighted by Crippen LogP contribution is 2.22. The molecule has 0 amide bonds. The summed E-state index contributed by atoms with van der Waals surface area (Å²) < 4.78 is 0. The highest BCUT2D eigenvalue weighted by molar-refractivity contribution is 5.36. The van der Waals surface area contributed by atoms with E-state index >= 15 is 0 Å². The molecule has 0 saturated carbocycles. The molecule has 0 saturated heterocycles. The lowest BCUT2D eigenvalue weighted by atomic mass is 10.1. The maximum absolute atomic E-state index is 9.85. The number of aliphatic hydroxyl groups is 2. The Morgan fingerprint density at radius 1 is 1.31 bits per heavy atom. The zero-order valence-electron chi connectivity index (χ0n) is 9.64. The summed E-state index contributed by atoms with van der Waals surface area (Å²) >= 11 is 0. The highest BCUT2D eigenvalue weighted by Gasteiger charge is 2.10. The number of aliphatic hydroxyl groups excluding tert-OH is 2. The van der Waals surface area contributed by atoms with Gasteiger partial charge in [0.15, 0.2) is 0 Å². The average molecular weight is 225 g/mol. The van der Waals surface area contributed by atoms with Gasteiger partial charge in [-0.2, -0.15) is 0 Å². The normalized spacial score (nSPS) is 13.1. The molecule has 16 heavy (non-hydrogen) atoms. The van der Waals surface area contributed by atoms with Gasteiger partial charge in [-0.25, -0.2) is 0 Å². The van der Waals surface area contributed by atoms with Crippen LogP contribution in [0.5, 0.6) is 5.75 Å². The van der Waals surface area contributed by atoms with Gasteiger partial charge in [0.25, 0.3) is 0 Å². The van der Waals surface area contributed by atoms with Crippen molar-refractivity contribution in [1.82, 2.24) is 5.32 Å². The van der Waals surface area contributed by atoms with E-state index in [1.807, 2.05) is 13.8 Å². The summed E-state index contributed by atoms with van der Waals surface area (Å²) in [6.45, 7) is 4.22. The summed E-state index contributed by atoms with van der Waals surface area (Å²) in [7, 11) is 0. The molecule has 0 aliphatic carbocycles. The molecule has 90 valence electrons. The molecule has 0 bridgehead atoms. The van der Waals surface area contributed by atoms with E-state index < -0.39 is 6.10 Å². The molecule has 0 radical (unpaired) electrons. The standard InChI is InChI=1S/C12H19NO3/c1-8(2)13-6-12(16)9-3-4-11(15)10(5-9)7-14/h3-5,8,12-16H,6-7H2,1-2H3/t12-/m0/s1. The SMILES string of the molecule is CC(C)NC[C@H](O)c1ccc(O)c(CO)c1. The molecular weight excluding hydrogens is 206 g/mol. The minimum atomic E-state index is -0.631. The number of nitrogens with one attached hydrogen (secondary N) is 1. The van der Waals surface area contributed by atoms with Crippen LogP contribution in [0.25, 0.3) is 0 Å². The predicted molar refractivity (Wildman–Crippen MR) is 62.1 cm³/mol. The third-order valence-corrected chi connectivity index (χ3v) is 2.38. The van der Waals surface area contributed by atoms with E-state index in [0.717, 1.165) is 0 Å². The second kappa shape index (κ2) is 5.84. The number of aromatic hydroxyl groups is 1. The van der Waals surface area contributed by atoms with Crippen LogP contribution in [-0.2, 0) is 6.61 Å². The van der Waals surface area contributed by atoms with E-state index in [2.05, 4.69) is 5.32 Å². The Hall–Kier alpha value is -1.10. The fourth-order valence-corrected chi connectivity index (χ4v) is 1.40. The summed E-state index contributed by atoms with van der Waals surface area (Å²) in [5, 5.41) is 31.3. The zero-order valence-corrected chi connectivity index (χ0v) is 9.64. The number of rotatable bonds is 5. The first-order valence-corrected chi connectivity index (χ1v) is 5.38. The molecule has 0 aliphatic rings. The Morgan fingerprint density at radius 3 is 2.56 bits per heavy atom. The first-order chi connectivity index (χ1) is 7.54. The topological polar surface area (TPSA) is 72.7 Å². The van der Waals surface area contributed by atoms with Crippen molar-refractivity contribution >= 4 is 0 Å². The maximum atomic E-state index is 9.85. The summed E-state index contributed by atoms with van der Waals surface area (Å²) in [6, 6.07) is 5.06. The minimum Gasteiger partial charge on any atom is -0.508 e.